The Kier molecular flexibility index (Phi) is 6.22. The normalized spacial score (nSPS) is 12.1. The maximum absolute atomic E-state index is 9.68. The number of methoxy groups -OCH3 is 1. The van der Waals surface area contributed by atoms with E-state index in [9.17, 15) is 5.11 Å². The SMILES string of the molecule is COc1ccc(O)c([C@H](N)CC(C)C)c1.Cl. The van der Waals surface area contributed by atoms with Crippen LogP contribution in [0.4, 0.5) is 0 Å². The van der Waals surface area contributed by atoms with E-state index in [1.165, 1.54) is 0 Å². The summed E-state index contributed by atoms with van der Waals surface area (Å²) in [5, 5.41) is 9.68. The van der Waals surface area contributed by atoms with Gasteiger partial charge in [0.25, 0.3) is 0 Å². The number of nitrogens with two attached hydrogens (primary N) is 1. The number of phenolic OH excluding ortho intramolecular Hbond substituents is 1. The first-order valence-electron chi connectivity index (χ1n) is 5.17. The molecule has 3 nitrogen and oxygen atoms in total. The first-order chi connectivity index (χ1) is 7.04. The van der Waals surface area contributed by atoms with Crippen molar-refractivity contribution in [1.29, 1.82) is 0 Å². The van der Waals surface area contributed by atoms with Gasteiger partial charge >= 0.3 is 0 Å². The van der Waals surface area contributed by atoms with Crippen molar-refractivity contribution in [2.24, 2.45) is 11.7 Å². The predicted molar refractivity (Wildman–Crippen MR) is 68.3 cm³/mol. The Morgan fingerprint density at radius 3 is 2.50 bits per heavy atom. The van der Waals surface area contributed by atoms with Crippen molar-refractivity contribution < 1.29 is 9.84 Å². The Morgan fingerprint density at radius 1 is 1.38 bits per heavy atom. The minimum absolute atomic E-state index is 0. The highest BCUT2D eigenvalue weighted by Gasteiger charge is 2.13. The quantitative estimate of drug-likeness (QED) is 0.858. The van der Waals surface area contributed by atoms with Crippen LogP contribution >= 0.6 is 12.4 Å². The summed E-state index contributed by atoms with van der Waals surface area (Å²) in [7, 11) is 1.60. The van der Waals surface area contributed by atoms with E-state index in [4.69, 9.17) is 10.5 Å². The molecule has 1 aromatic carbocycles. The van der Waals surface area contributed by atoms with Crippen molar-refractivity contribution in [3.05, 3.63) is 23.8 Å². The summed E-state index contributed by atoms with van der Waals surface area (Å²) < 4.78 is 5.10. The lowest BCUT2D eigenvalue weighted by Gasteiger charge is -2.16. The summed E-state index contributed by atoms with van der Waals surface area (Å²) >= 11 is 0. The fraction of sp³-hybridized carbons (Fsp3) is 0.500. The van der Waals surface area contributed by atoms with E-state index in [1.54, 1.807) is 25.3 Å². The second-order valence-electron chi connectivity index (χ2n) is 4.16. The van der Waals surface area contributed by atoms with E-state index < -0.39 is 0 Å². The van der Waals surface area contributed by atoms with Crippen LogP contribution in [0.5, 0.6) is 11.5 Å². The lowest BCUT2D eigenvalue weighted by Crippen LogP contribution is -2.13. The molecule has 0 saturated carbocycles. The van der Waals surface area contributed by atoms with Crippen molar-refractivity contribution in [2.45, 2.75) is 26.3 Å². The van der Waals surface area contributed by atoms with Gasteiger partial charge in [-0.1, -0.05) is 13.8 Å². The summed E-state index contributed by atoms with van der Waals surface area (Å²) in [6, 6.07) is 5.00. The minimum Gasteiger partial charge on any atom is -0.508 e. The van der Waals surface area contributed by atoms with E-state index >= 15 is 0 Å². The molecular weight excluding hydrogens is 226 g/mol. The van der Waals surface area contributed by atoms with Crippen LogP contribution in [0.3, 0.4) is 0 Å². The summed E-state index contributed by atoms with van der Waals surface area (Å²) in [5.74, 6) is 1.47. The molecule has 1 rings (SSSR count). The first-order valence-corrected chi connectivity index (χ1v) is 5.17. The Balaban J connectivity index is 0.00000225. The molecule has 0 unspecified atom stereocenters. The lowest BCUT2D eigenvalue weighted by molar-refractivity contribution is 0.406. The van der Waals surface area contributed by atoms with Gasteiger partial charge in [-0.15, -0.1) is 12.4 Å². The minimum atomic E-state index is -0.139. The third-order valence-corrected chi connectivity index (χ3v) is 2.36. The van der Waals surface area contributed by atoms with E-state index in [0.717, 1.165) is 17.7 Å². The zero-order valence-electron chi connectivity index (χ0n) is 9.93. The maximum Gasteiger partial charge on any atom is 0.120 e. The molecular formula is C12H20ClNO2. The van der Waals surface area contributed by atoms with E-state index in [1.807, 2.05) is 0 Å². The zero-order chi connectivity index (χ0) is 11.4. The highest BCUT2D eigenvalue weighted by Crippen LogP contribution is 2.30. The largest absolute Gasteiger partial charge is 0.508 e. The number of phenols is 1. The van der Waals surface area contributed by atoms with Gasteiger partial charge in [0.15, 0.2) is 0 Å². The Hall–Kier alpha value is -0.930. The Morgan fingerprint density at radius 2 is 2.00 bits per heavy atom. The van der Waals surface area contributed by atoms with Crippen LogP contribution in [0.15, 0.2) is 18.2 Å². The zero-order valence-corrected chi connectivity index (χ0v) is 10.8. The molecule has 4 heteroatoms. The van der Waals surface area contributed by atoms with Crippen LogP contribution in [-0.4, -0.2) is 12.2 Å². The summed E-state index contributed by atoms with van der Waals surface area (Å²) in [4.78, 5) is 0. The van der Waals surface area contributed by atoms with E-state index in [2.05, 4.69) is 13.8 Å². The molecule has 1 aromatic rings. The van der Waals surface area contributed by atoms with Crippen molar-refractivity contribution in [1.82, 2.24) is 0 Å². The standard InChI is InChI=1S/C12H19NO2.ClH/c1-8(2)6-11(13)10-7-9(15-3)4-5-12(10)14;/h4-5,7-8,11,14H,6,13H2,1-3H3;1H/t11-;/m1./s1. The molecule has 0 aliphatic rings. The van der Waals surface area contributed by atoms with Gasteiger partial charge in [0.05, 0.1) is 7.11 Å². The molecule has 0 amide bonds. The van der Waals surface area contributed by atoms with Crippen molar-refractivity contribution in [3.8, 4) is 11.5 Å². The van der Waals surface area contributed by atoms with Gasteiger partial charge in [-0.3, -0.25) is 0 Å². The molecule has 0 saturated heterocycles. The summed E-state index contributed by atoms with van der Waals surface area (Å²) in [6.45, 7) is 4.22. The molecule has 16 heavy (non-hydrogen) atoms. The smallest absolute Gasteiger partial charge is 0.120 e. The first kappa shape index (κ1) is 15.1. The second kappa shape index (κ2) is 6.61. The number of aromatic hydroxyl groups is 1. The van der Waals surface area contributed by atoms with Gasteiger partial charge in [0, 0.05) is 11.6 Å². The number of ether oxygens (including phenoxy) is 1. The van der Waals surface area contributed by atoms with Crippen LogP contribution in [0, 0.1) is 5.92 Å². The topological polar surface area (TPSA) is 55.5 Å². The fourth-order valence-electron chi connectivity index (χ4n) is 1.59. The number of rotatable bonds is 4. The molecule has 0 aliphatic heterocycles. The van der Waals surface area contributed by atoms with Gasteiger partial charge < -0.3 is 15.6 Å². The van der Waals surface area contributed by atoms with Crippen LogP contribution < -0.4 is 10.5 Å². The molecule has 0 aliphatic carbocycles. The number of hydrogen-bond donors (Lipinski definition) is 2. The molecule has 3 N–H and O–H groups in total. The molecule has 0 fully saturated rings. The van der Waals surface area contributed by atoms with Crippen LogP contribution in [-0.2, 0) is 0 Å². The molecule has 0 bridgehead atoms. The van der Waals surface area contributed by atoms with Crippen molar-refractivity contribution >= 4 is 12.4 Å². The van der Waals surface area contributed by atoms with Crippen molar-refractivity contribution in [2.75, 3.05) is 7.11 Å². The molecule has 92 valence electrons. The number of hydrogen-bond acceptors (Lipinski definition) is 3. The molecule has 0 radical (unpaired) electrons. The Labute approximate surface area is 103 Å². The molecule has 0 spiro atoms. The van der Waals surface area contributed by atoms with Crippen LogP contribution in [0.2, 0.25) is 0 Å². The highest BCUT2D eigenvalue weighted by atomic mass is 35.5. The second-order valence-corrected chi connectivity index (χ2v) is 4.16. The third kappa shape index (κ3) is 3.91. The molecule has 0 heterocycles. The third-order valence-electron chi connectivity index (χ3n) is 2.36. The maximum atomic E-state index is 9.68. The highest BCUT2D eigenvalue weighted by molar-refractivity contribution is 5.85. The van der Waals surface area contributed by atoms with Gasteiger partial charge in [0.2, 0.25) is 0 Å². The van der Waals surface area contributed by atoms with Crippen LogP contribution in [0.1, 0.15) is 31.9 Å². The number of halogens is 1. The van der Waals surface area contributed by atoms with Gasteiger partial charge in [-0.25, -0.2) is 0 Å². The molecule has 1 atom stereocenters. The average molecular weight is 246 g/mol. The summed E-state index contributed by atoms with van der Waals surface area (Å²) in [6.07, 6.45) is 0.848. The Bertz CT molecular complexity index is 329. The fourth-order valence-corrected chi connectivity index (χ4v) is 1.59. The number of benzene rings is 1. The predicted octanol–water partition coefficient (Wildman–Crippen LogP) is 2.87. The van der Waals surface area contributed by atoms with E-state index in [0.29, 0.717) is 5.92 Å². The lowest BCUT2D eigenvalue weighted by atomic mass is 9.97. The monoisotopic (exact) mass is 245 g/mol. The summed E-state index contributed by atoms with van der Waals surface area (Å²) in [5.41, 5.74) is 6.76. The van der Waals surface area contributed by atoms with Gasteiger partial charge in [0.1, 0.15) is 11.5 Å². The van der Waals surface area contributed by atoms with Gasteiger partial charge in [-0.05, 0) is 30.5 Å². The van der Waals surface area contributed by atoms with Gasteiger partial charge in [-0.2, -0.15) is 0 Å². The van der Waals surface area contributed by atoms with E-state index in [-0.39, 0.29) is 24.2 Å². The molecule has 0 aromatic heterocycles. The van der Waals surface area contributed by atoms with Crippen molar-refractivity contribution in [3.63, 3.8) is 0 Å². The average Bonchev–Trinajstić information content (AvgIpc) is 2.17. The van der Waals surface area contributed by atoms with Crippen LogP contribution in [0.25, 0.3) is 0 Å².